The average molecular weight is 352 g/mol. The Labute approximate surface area is 144 Å². The van der Waals surface area contributed by atoms with Gasteiger partial charge in [0.25, 0.3) is 11.1 Å². The SMILES string of the molecule is COc1ccc(CNC(=O)[C@@H](C)OC(=O)CN2CCSC2=O)cc1. The van der Waals surface area contributed by atoms with Crippen LogP contribution in [0.25, 0.3) is 0 Å². The molecule has 1 aromatic carbocycles. The van der Waals surface area contributed by atoms with Crippen molar-refractivity contribution < 1.29 is 23.9 Å². The van der Waals surface area contributed by atoms with Gasteiger partial charge in [-0.2, -0.15) is 0 Å². The van der Waals surface area contributed by atoms with Crippen LogP contribution >= 0.6 is 11.8 Å². The second-order valence-corrected chi connectivity index (χ2v) is 6.28. The Kier molecular flexibility index (Phi) is 6.48. The van der Waals surface area contributed by atoms with Crippen molar-refractivity contribution in [2.45, 2.75) is 19.6 Å². The Morgan fingerprint density at radius 2 is 2.04 bits per heavy atom. The summed E-state index contributed by atoms with van der Waals surface area (Å²) in [4.78, 5) is 36.6. The molecule has 0 bridgehead atoms. The van der Waals surface area contributed by atoms with Gasteiger partial charge in [-0.15, -0.1) is 0 Å². The summed E-state index contributed by atoms with van der Waals surface area (Å²) >= 11 is 1.17. The Balaban J connectivity index is 1.74. The normalized spacial score (nSPS) is 15.1. The first-order valence-electron chi connectivity index (χ1n) is 7.51. The van der Waals surface area contributed by atoms with Gasteiger partial charge in [-0.05, 0) is 24.6 Å². The minimum absolute atomic E-state index is 0.123. The minimum atomic E-state index is -0.916. The summed E-state index contributed by atoms with van der Waals surface area (Å²) in [5, 5.41) is 2.57. The maximum atomic E-state index is 12.0. The van der Waals surface area contributed by atoms with E-state index >= 15 is 0 Å². The zero-order valence-electron chi connectivity index (χ0n) is 13.6. The molecule has 1 aromatic rings. The third kappa shape index (κ3) is 5.16. The van der Waals surface area contributed by atoms with Crippen molar-refractivity contribution in [3.8, 4) is 5.75 Å². The lowest BCUT2D eigenvalue weighted by molar-refractivity contribution is -0.155. The molecule has 1 aliphatic heterocycles. The molecule has 0 radical (unpaired) electrons. The topological polar surface area (TPSA) is 84.9 Å². The van der Waals surface area contributed by atoms with Crippen molar-refractivity contribution in [1.82, 2.24) is 10.2 Å². The number of hydrogen-bond donors (Lipinski definition) is 1. The molecule has 1 N–H and O–H groups in total. The van der Waals surface area contributed by atoms with Crippen molar-refractivity contribution in [3.05, 3.63) is 29.8 Å². The van der Waals surface area contributed by atoms with Gasteiger partial charge in [-0.1, -0.05) is 23.9 Å². The van der Waals surface area contributed by atoms with E-state index in [1.165, 1.54) is 23.6 Å². The highest BCUT2D eigenvalue weighted by Crippen LogP contribution is 2.16. The van der Waals surface area contributed by atoms with Crippen LogP contribution in [0.3, 0.4) is 0 Å². The van der Waals surface area contributed by atoms with Crippen LogP contribution in [0.1, 0.15) is 12.5 Å². The van der Waals surface area contributed by atoms with Gasteiger partial charge in [0.05, 0.1) is 7.11 Å². The first-order chi connectivity index (χ1) is 11.5. The summed E-state index contributed by atoms with van der Waals surface area (Å²) in [7, 11) is 1.58. The lowest BCUT2D eigenvalue weighted by Gasteiger charge is -2.17. The highest BCUT2D eigenvalue weighted by molar-refractivity contribution is 8.13. The summed E-state index contributed by atoms with van der Waals surface area (Å²) in [6, 6.07) is 7.28. The number of nitrogens with one attached hydrogen (secondary N) is 1. The number of thioether (sulfide) groups is 1. The number of methoxy groups -OCH3 is 1. The molecule has 0 aliphatic carbocycles. The van der Waals surface area contributed by atoms with E-state index in [1.807, 2.05) is 12.1 Å². The first kappa shape index (κ1) is 18.1. The van der Waals surface area contributed by atoms with Gasteiger partial charge in [-0.25, -0.2) is 0 Å². The molecule has 0 spiro atoms. The number of ether oxygens (including phenoxy) is 2. The van der Waals surface area contributed by atoms with E-state index in [-0.39, 0.29) is 17.7 Å². The molecule has 0 aromatic heterocycles. The zero-order valence-corrected chi connectivity index (χ0v) is 14.4. The lowest BCUT2D eigenvalue weighted by Crippen LogP contribution is -2.38. The van der Waals surface area contributed by atoms with Crippen LogP contribution in [0.2, 0.25) is 0 Å². The van der Waals surface area contributed by atoms with E-state index < -0.39 is 12.1 Å². The van der Waals surface area contributed by atoms with Gasteiger partial charge >= 0.3 is 5.97 Å². The van der Waals surface area contributed by atoms with Crippen molar-refractivity contribution >= 4 is 28.9 Å². The van der Waals surface area contributed by atoms with E-state index in [2.05, 4.69) is 5.32 Å². The number of benzene rings is 1. The molecule has 2 amide bonds. The Morgan fingerprint density at radius 3 is 2.62 bits per heavy atom. The van der Waals surface area contributed by atoms with Crippen LogP contribution in [-0.4, -0.2) is 54.1 Å². The average Bonchev–Trinajstić information content (AvgIpc) is 2.97. The minimum Gasteiger partial charge on any atom is -0.497 e. The molecule has 1 saturated heterocycles. The van der Waals surface area contributed by atoms with Crippen LogP contribution in [0.4, 0.5) is 4.79 Å². The van der Waals surface area contributed by atoms with Crippen LogP contribution in [0.15, 0.2) is 24.3 Å². The second-order valence-electron chi connectivity index (χ2n) is 5.23. The number of amides is 2. The lowest BCUT2D eigenvalue weighted by atomic mass is 10.2. The number of nitrogens with zero attached hydrogens (tertiary/aromatic N) is 1. The summed E-state index contributed by atoms with van der Waals surface area (Å²) in [5.74, 6) is 0.436. The van der Waals surface area contributed by atoms with Crippen molar-refractivity contribution in [2.24, 2.45) is 0 Å². The molecule has 0 unspecified atom stereocenters. The molecule has 2 rings (SSSR count). The molecule has 1 atom stereocenters. The molecule has 1 aliphatic rings. The maximum absolute atomic E-state index is 12.0. The zero-order chi connectivity index (χ0) is 17.5. The quantitative estimate of drug-likeness (QED) is 0.747. The summed E-state index contributed by atoms with van der Waals surface area (Å²) in [6.07, 6.45) is -0.916. The van der Waals surface area contributed by atoms with Crippen LogP contribution in [0, 0.1) is 0 Å². The summed E-state index contributed by atoms with van der Waals surface area (Å²) in [6.45, 7) is 2.23. The van der Waals surface area contributed by atoms with Crippen molar-refractivity contribution in [3.63, 3.8) is 0 Å². The molecular formula is C16H20N2O5S. The molecule has 1 fully saturated rings. The molecule has 1 heterocycles. The first-order valence-corrected chi connectivity index (χ1v) is 8.50. The third-order valence-corrected chi connectivity index (χ3v) is 4.36. The van der Waals surface area contributed by atoms with E-state index in [4.69, 9.17) is 9.47 Å². The van der Waals surface area contributed by atoms with Gasteiger partial charge < -0.3 is 19.7 Å². The number of carbonyl (C=O) groups is 3. The summed E-state index contributed by atoms with van der Waals surface area (Å²) < 4.78 is 10.1. The molecule has 8 heteroatoms. The Morgan fingerprint density at radius 1 is 1.33 bits per heavy atom. The number of hydrogen-bond acceptors (Lipinski definition) is 6. The van der Waals surface area contributed by atoms with Crippen LogP contribution in [0.5, 0.6) is 5.75 Å². The van der Waals surface area contributed by atoms with E-state index in [0.717, 1.165) is 11.3 Å². The van der Waals surface area contributed by atoms with Crippen molar-refractivity contribution in [2.75, 3.05) is 26.0 Å². The van der Waals surface area contributed by atoms with Gasteiger partial charge in [0.15, 0.2) is 6.10 Å². The standard InChI is InChI=1S/C16H20N2O5S/c1-11(23-14(19)10-18-7-8-24-16(18)21)15(20)17-9-12-3-5-13(22-2)6-4-12/h3-6,11H,7-10H2,1-2H3,(H,17,20)/t11-/m1/s1. The van der Waals surface area contributed by atoms with Gasteiger partial charge in [0.1, 0.15) is 12.3 Å². The smallest absolute Gasteiger partial charge is 0.326 e. The number of esters is 1. The number of carbonyl (C=O) groups excluding carboxylic acids is 3. The highest BCUT2D eigenvalue weighted by atomic mass is 32.2. The van der Waals surface area contributed by atoms with Crippen LogP contribution < -0.4 is 10.1 Å². The van der Waals surface area contributed by atoms with Gasteiger partial charge in [-0.3, -0.25) is 14.4 Å². The van der Waals surface area contributed by atoms with E-state index in [0.29, 0.717) is 18.8 Å². The van der Waals surface area contributed by atoms with Crippen molar-refractivity contribution in [1.29, 1.82) is 0 Å². The predicted molar refractivity (Wildman–Crippen MR) is 89.8 cm³/mol. The van der Waals surface area contributed by atoms with Gasteiger partial charge in [0, 0.05) is 18.8 Å². The third-order valence-electron chi connectivity index (χ3n) is 3.47. The fourth-order valence-electron chi connectivity index (χ4n) is 2.09. The largest absolute Gasteiger partial charge is 0.497 e. The fraction of sp³-hybridized carbons (Fsp3) is 0.438. The fourth-order valence-corrected chi connectivity index (χ4v) is 2.91. The molecule has 7 nitrogen and oxygen atoms in total. The monoisotopic (exact) mass is 352 g/mol. The Hall–Kier alpha value is -2.22. The number of rotatable bonds is 7. The summed E-state index contributed by atoms with van der Waals surface area (Å²) in [5.41, 5.74) is 0.905. The highest BCUT2D eigenvalue weighted by Gasteiger charge is 2.25. The van der Waals surface area contributed by atoms with Crippen LogP contribution in [-0.2, 0) is 20.9 Å². The van der Waals surface area contributed by atoms with Gasteiger partial charge in [0.2, 0.25) is 0 Å². The molecule has 130 valence electrons. The predicted octanol–water partition coefficient (Wildman–Crippen LogP) is 1.41. The molecule has 0 saturated carbocycles. The van der Waals surface area contributed by atoms with E-state index in [1.54, 1.807) is 19.2 Å². The second kappa shape index (κ2) is 8.58. The van der Waals surface area contributed by atoms with E-state index in [9.17, 15) is 14.4 Å². The molecule has 24 heavy (non-hydrogen) atoms. The molecular weight excluding hydrogens is 332 g/mol. The maximum Gasteiger partial charge on any atom is 0.326 e. The Bertz CT molecular complexity index is 605.